The van der Waals surface area contributed by atoms with Crippen molar-refractivity contribution in [3.8, 4) is 0 Å². The summed E-state index contributed by atoms with van der Waals surface area (Å²) < 4.78 is 5.92. The largest absolute Gasteiger partial charge is 1.00 e. The topological polar surface area (TPSA) is 56.2 Å². The molecule has 5 aliphatic rings. The van der Waals surface area contributed by atoms with Crippen LogP contribution >= 0.6 is 0 Å². The van der Waals surface area contributed by atoms with Crippen LogP contribution in [-0.4, -0.2) is 85.2 Å². The molecule has 5 fully saturated rings. The average molecular weight is 437 g/mol. The Morgan fingerprint density at radius 3 is 1.96 bits per heavy atom. The number of β-amino-alcohol motifs (C(OH)–C–C–N with tert-alkyl or cyclic N) is 2. The number of rotatable bonds is 9. The minimum atomic E-state index is -0.379. The van der Waals surface area contributed by atoms with Crippen LogP contribution in [0.25, 0.3) is 0 Å². The number of ether oxygens (including phenoxy) is 1. The Morgan fingerprint density at radius 1 is 0.893 bits per heavy atom. The van der Waals surface area contributed by atoms with Crippen LogP contribution in [0.3, 0.4) is 0 Å². The van der Waals surface area contributed by atoms with Crippen LogP contribution in [0.15, 0.2) is 0 Å². The summed E-state index contributed by atoms with van der Waals surface area (Å²) in [6, 6.07) is 0. The SMILES string of the molecule is OCCN1CCN(CC(O)COCCC23CC4CC(CC(C4)C2)C3)CC1.[Cl-].[Cl-]. The van der Waals surface area contributed by atoms with E-state index in [1.54, 1.807) is 0 Å². The number of piperazine rings is 1. The second-order valence-electron chi connectivity index (χ2n) is 9.76. The lowest BCUT2D eigenvalue weighted by Gasteiger charge is -2.57. The van der Waals surface area contributed by atoms with E-state index in [4.69, 9.17) is 9.84 Å². The van der Waals surface area contributed by atoms with E-state index in [0.29, 0.717) is 18.6 Å². The maximum atomic E-state index is 10.3. The van der Waals surface area contributed by atoms with Crippen LogP contribution in [0.5, 0.6) is 0 Å². The number of hydrogen-bond donors (Lipinski definition) is 2. The molecule has 0 aromatic carbocycles. The zero-order valence-corrected chi connectivity index (χ0v) is 18.6. The van der Waals surface area contributed by atoms with Gasteiger partial charge in [-0.05, 0) is 68.1 Å². The third-order valence-electron chi connectivity index (χ3n) is 7.60. The van der Waals surface area contributed by atoms with E-state index in [1.807, 2.05) is 0 Å². The molecule has 0 spiro atoms. The van der Waals surface area contributed by atoms with Gasteiger partial charge in [0.25, 0.3) is 0 Å². The monoisotopic (exact) mass is 436 g/mol. The van der Waals surface area contributed by atoms with Crippen molar-refractivity contribution in [3.05, 3.63) is 0 Å². The Bertz CT molecular complexity index is 426. The predicted octanol–water partition coefficient (Wildman–Crippen LogP) is -4.41. The van der Waals surface area contributed by atoms with Gasteiger partial charge < -0.3 is 39.8 Å². The molecule has 1 saturated heterocycles. The highest BCUT2D eigenvalue weighted by molar-refractivity contribution is 5.01. The maximum Gasteiger partial charge on any atom is 0.0900 e. The Morgan fingerprint density at radius 2 is 1.43 bits per heavy atom. The van der Waals surface area contributed by atoms with Gasteiger partial charge in [0.2, 0.25) is 0 Å². The summed E-state index contributed by atoms with van der Waals surface area (Å²) in [4.78, 5) is 4.60. The zero-order valence-electron chi connectivity index (χ0n) is 17.1. The number of aliphatic hydroxyl groups is 2. The maximum absolute atomic E-state index is 10.3. The number of halogens is 2. The highest BCUT2D eigenvalue weighted by Crippen LogP contribution is 2.61. The lowest BCUT2D eigenvalue weighted by molar-refractivity contribution is -0.0744. The molecule has 2 N–H and O–H groups in total. The quantitative estimate of drug-likeness (QED) is 0.357. The Hall–Kier alpha value is 0.380. The van der Waals surface area contributed by atoms with Crippen molar-refractivity contribution in [1.82, 2.24) is 9.80 Å². The summed E-state index contributed by atoms with van der Waals surface area (Å²) in [5.41, 5.74) is 0.586. The molecule has 7 heteroatoms. The Labute approximate surface area is 183 Å². The van der Waals surface area contributed by atoms with Crippen LogP contribution in [0.2, 0.25) is 0 Å². The summed E-state index contributed by atoms with van der Waals surface area (Å²) in [6.45, 7) is 6.94. The van der Waals surface area contributed by atoms with Crippen molar-refractivity contribution < 1.29 is 39.8 Å². The molecule has 0 amide bonds. The Balaban J connectivity index is 0.00000140. The number of aliphatic hydroxyl groups excluding tert-OH is 2. The van der Waals surface area contributed by atoms with Crippen LogP contribution in [0, 0.1) is 23.2 Å². The van der Waals surface area contributed by atoms with Crippen LogP contribution in [0.4, 0.5) is 0 Å². The predicted molar refractivity (Wildman–Crippen MR) is 102 cm³/mol. The van der Waals surface area contributed by atoms with Gasteiger partial charge in [0.15, 0.2) is 0 Å². The first-order valence-electron chi connectivity index (χ1n) is 11.0. The standard InChI is InChI=1S/C21H38N2O3.2ClH/c24-7-6-22-2-4-23(5-3-22)15-20(25)16-26-8-1-21-12-17-9-18(13-21)11-19(10-17)14-21;;/h17-20,24-25H,1-16H2;2*1H/p-2. The van der Waals surface area contributed by atoms with Gasteiger partial charge in [0.1, 0.15) is 0 Å². The van der Waals surface area contributed by atoms with Crippen molar-refractivity contribution >= 4 is 0 Å². The molecule has 5 rings (SSSR count). The fourth-order valence-electron chi connectivity index (χ4n) is 6.79. The fourth-order valence-corrected chi connectivity index (χ4v) is 6.79. The molecule has 1 atom stereocenters. The minimum Gasteiger partial charge on any atom is -1.00 e. The second-order valence-corrected chi connectivity index (χ2v) is 9.76. The third-order valence-corrected chi connectivity index (χ3v) is 7.60. The molecule has 1 unspecified atom stereocenters. The van der Waals surface area contributed by atoms with Crippen molar-refractivity contribution in [2.75, 3.05) is 59.1 Å². The lowest BCUT2D eigenvalue weighted by Crippen LogP contribution is -3.00. The Kier molecular flexibility index (Phi) is 9.80. The summed E-state index contributed by atoms with van der Waals surface area (Å²) in [7, 11) is 0. The van der Waals surface area contributed by atoms with Crippen LogP contribution < -0.4 is 24.8 Å². The number of hydrogen-bond acceptors (Lipinski definition) is 5. The summed E-state index contributed by atoms with van der Waals surface area (Å²) in [5.74, 6) is 3.03. The molecule has 28 heavy (non-hydrogen) atoms. The molecule has 5 nitrogen and oxygen atoms in total. The van der Waals surface area contributed by atoms with Crippen molar-refractivity contribution in [2.45, 2.75) is 51.0 Å². The third kappa shape index (κ3) is 6.19. The van der Waals surface area contributed by atoms with E-state index in [0.717, 1.165) is 57.1 Å². The summed E-state index contributed by atoms with van der Waals surface area (Å²) in [6.07, 6.45) is 9.69. The van der Waals surface area contributed by atoms with Crippen molar-refractivity contribution in [2.24, 2.45) is 23.2 Å². The smallest absolute Gasteiger partial charge is 0.0900 e. The van der Waals surface area contributed by atoms with Gasteiger partial charge in [-0.3, -0.25) is 9.80 Å². The van der Waals surface area contributed by atoms with Gasteiger partial charge in [0.05, 0.1) is 19.3 Å². The van der Waals surface area contributed by atoms with Gasteiger partial charge in [-0.2, -0.15) is 0 Å². The molecule has 4 bridgehead atoms. The first-order valence-corrected chi connectivity index (χ1v) is 11.0. The molecular formula is C21H38Cl2N2O3-2. The normalized spacial score (nSPS) is 36.0. The van der Waals surface area contributed by atoms with Crippen LogP contribution in [-0.2, 0) is 4.74 Å². The van der Waals surface area contributed by atoms with Gasteiger partial charge >= 0.3 is 0 Å². The molecule has 4 aliphatic carbocycles. The fraction of sp³-hybridized carbons (Fsp3) is 1.00. The molecule has 0 radical (unpaired) electrons. The highest BCUT2D eigenvalue weighted by Gasteiger charge is 2.50. The lowest BCUT2D eigenvalue weighted by atomic mass is 9.49. The minimum absolute atomic E-state index is 0. The molecule has 0 aromatic rings. The highest BCUT2D eigenvalue weighted by atomic mass is 35.5. The van der Waals surface area contributed by atoms with E-state index < -0.39 is 0 Å². The summed E-state index contributed by atoms with van der Waals surface area (Å²) >= 11 is 0. The molecule has 166 valence electrons. The molecule has 0 aromatic heterocycles. The first kappa shape index (κ1) is 24.6. The zero-order chi connectivity index (χ0) is 18.0. The van der Waals surface area contributed by atoms with E-state index in [9.17, 15) is 5.11 Å². The molecule has 1 aliphatic heterocycles. The van der Waals surface area contributed by atoms with Crippen molar-refractivity contribution in [3.63, 3.8) is 0 Å². The van der Waals surface area contributed by atoms with Gasteiger partial charge in [-0.25, -0.2) is 0 Å². The van der Waals surface area contributed by atoms with E-state index in [1.165, 1.54) is 44.9 Å². The van der Waals surface area contributed by atoms with E-state index >= 15 is 0 Å². The van der Waals surface area contributed by atoms with Crippen LogP contribution in [0.1, 0.15) is 44.9 Å². The average Bonchev–Trinajstić information content (AvgIpc) is 2.60. The van der Waals surface area contributed by atoms with Gasteiger partial charge in [0, 0.05) is 45.9 Å². The van der Waals surface area contributed by atoms with Gasteiger partial charge in [-0.15, -0.1) is 0 Å². The number of nitrogens with zero attached hydrogens (tertiary/aromatic N) is 2. The second kappa shape index (κ2) is 11.1. The summed E-state index contributed by atoms with van der Waals surface area (Å²) in [5, 5.41) is 19.3. The molecular weight excluding hydrogens is 399 g/mol. The van der Waals surface area contributed by atoms with E-state index in [-0.39, 0.29) is 37.5 Å². The first-order chi connectivity index (χ1) is 12.6. The van der Waals surface area contributed by atoms with E-state index in [2.05, 4.69) is 9.80 Å². The molecule has 1 heterocycles. The van der Waals surface area contributed by atoms with Gasteiger partial charge in [-0.1, -0.05) is 0 Å². The van der Waals surface area contributed by atoms with Crippen molar-refractivity contribution in [1.29, 1.82) is 0 Å². The molecule has 4 saturated carbocycles.